The third-order valence-electron chi connectivity index (χ3n) is 10.9. The normalized spacial score (nSPS) is 32.0. The van der Waals surface area contributed by atoms with Crippen molar-refractivity contribution < 1.29 is 38.1 Å². The van der Waals surface area contributed by atoms with Crippen LogP contribution in [-0.4, -0.2) is 63.6 Å². The molecule has 12 heteroatoms. The van der Waals surface area contributed by atoms with Gasteiger partial charge in [-0.1, -0.05) is 43.1 Å². The Bertz CT molecular complexity index is 1750. The summed E-state index contributed by atoms with van der Waals surface area (Å²) in [6.45, 7) is 0. The third kappa shape index (κ3) is 4.62. The lowest BCUT2D eigenvalue weighted by atomic mass is 9.57. The summed E-state index contributed by atoms with van der Waals surface area (Å²) in [5, 5.41) is 10.5. The Labute approximate surface area is 287 Å². The summed E-state index contributed by atoms with van der Waals surface area (Å²) in [7, 11) is 2.80. The number of hydrogen-bond acceptors (Lipinski definition) is 7. The molecule has 0 bridgehead atoms. The lowest BCUT2D eigenvalue weighted by Crippen LogP contribution is -2.60. The average Bonchev–Trinajstić information content (AvgIpc) is 3.43. The molecule has 48 heavy (non-hydrogen) atoms. The van der Waals surface area contributed by atoms with E-state index in [0.717, 1.165) is 49.1 Å². The summed E-state index contributed by atoms with van der Waals surface area (Å²) in [5.74, 6) is -5.46. The second-order valence-electron chi connectivity index (χ2n) is 13.3. The number of benzene rings is 2. The predicted octanol–water partition coefficient (Wildman–Crippen LogP) is 5.99. The molecule has 7 rings (SSSR count). The number of carbonyl (C=O) groups is 4. The Balaban J connectivity index is 1.35. The zero-order valence-electron chi connectivity index (χ0n) is 26.5. The second-order valence-corrected chi connectivity index (χ2v) is 14.5. The number of ether oxygens (including phenoxy) is 2. The summed E-state index contributed by atoms with van der Waals surface area (Å²) in [5.41, 5.74) is 1.30. The Morgan fingerprint density at radius 2 is 1.56 bits per heavy atom. The van der Waals surface area contributed by atoms with Crippen LogP contribution >= 0.6 is 23.2 Å². The van der Waals surface area contributed by atoms with Gasteiger partial charge < -0.3 is 14.6 Å². The fraction of sp³-hybridized carbons (Fsp3) is 0.444. The van der Waals surface area contributed by atoms with Gasteiger partial charge in [0.25, 0.3) is 11.8 Å². The van der Waals surface area contributed by atoms with E-state index >= 15 is 0 Å². The largest absolute Gasteiger partial charge is 0.502 e. The number of amides is 4. The Morgan fingerprint density at radius 1 is 0.917 bits per heavy atom. The minimum Gasteiger partial charge on any atom is -0.502 e. The smallest absolute Gasteiger partial charge is 0.258 e. The van der Waals surface area contributed by atoms with Crippen molar-refractivity contribution in [1.82, 2.24) is 4.90 Å². The standard InChI is InChI=1S/C36H35Cl2FN2O7/c1-47-27-16-19(17-28(48-2)30(27)42)8-15-26-23-13-14-24-29(32(44)40(31(24)43)21-6-4-3-5-7-21)25(23)18-35(37)33(45)41(34(46)36(26,35)38)22-11-9-20(39)10-12-22/h8-13,15-17,21,24-26,29,42H,3-7,14,18H2,1-2H3/t24-,25+,26-,29-,35+,36-/m0/s1. The van der Waals surface area contributed by atoms with Crippen molar-refractivity contribution in [3.05, 3.63) is 65.5 Å². The van der Waals surface area contributed by atoms with Crippen molar-refractivity contribution in [2.24, 2.45) is 23.7 Å². The van der Waals surface area contributed by atoms with Gasteiger partial charge in [-0.3, -0.25) is 24.1 Å². The first-order valence-corrected chi connectivity index (χ1v) is 16.9. The number of phenols is 1. The van der Waals surface area contributed by atoms with Crippen LogP contribution in [-0.2, 0) is 19.2 Å². The van der Waals surface area contributed by atoms with E-state index in [4.69, 9.17) is 32.7 Å². The number of anilines is 1. The third-order valence-corrected chi connectivity index (χ3v) is 12.3. The van der Waals surface area contributed by atoms with Crippen LogP contribution in [0, 0.1) is 29.5 Å². The molecule has 2 aromatic rings. The summed E-state index contributed by atoms with van der Waals surface area (Å²) in [6.07, 6.45) is 9.83. The molecule has 0 unspecified atom stereocenters. The number of halogens is 3. The highest BCUT2D eigenvalue weighted by molar-refractivity contribution is 6.58. The van der Waals surface area contributed by atoms with Crippen LogP contribution in [0.25, 0.3) is 6.08 Å². The molecule has 0 aromatic heterocycles. The number of allylic oxidation sites excluding steroid dienone is 3. The van der Waals surface area contributed by atoms with E-state index < -0.39 is 51.1 Å². The van der Waals surface area contributed by atoms with Gasteiger partial charge in [0.2, 0.25) is 17.6 Å². The van der Waals surface area contributed by atoms with E-state index in [9.17, 15) is 28.7 Å². The number of phenolic OH excluding ortho intramolecular Hbond substituents is 1. The predicted molar refractivity (Wildman–Crippen MR) is 176 cm³/mol. The highest BCUT2D eigenvalue weighted by Crippen LogP contribution is 2.63. The summed E-state index contributed by atoms with van der Waals surface area (Å²) in [6, 6.07) is 7.88. The number of aromatic hydroxyl groups is 1. The summed E-state index contributed by atoms with van der Waals surface area (Å²) >= 11 is 14.8. The molecule has 9 nitrogen and oxygen atoms in total. The number of imide groups is 2. The number of alkyl halides is 2. The molecular weight excluding hydrogens is 662 g/mol. The van der Waals surface area contributed by atoms with E-state index in [-0.39, 0.29) is 53.6 Å². The minimum atomic E-state index is -2.04. The molecule has 3 aliphatic carbocycles. The zero-order chi connectivity index (χ0) is 34.1. The van der Waals surface area contributed by atoms with Gasteiger partial charge in [0.15, 0.2) is 21.2 Å². The van der Waals surface area contributed by atoms with Crippen LogP contribution in [0.3, 0.4) is 0 Å². The number of fused-ring (bicyclic) bond motifs is 4. The molecule has 5 aliphatic rings. The lowest BCUT2D eigenvalue weighted by molar-refractivity contribution is -0.143. The first kappa shape index (κ1) is 32.6. The highest BCUT2D eigenvalue weighted by Gasteiger charge is 2.76. The number of likely N-dealkylation sites (tertiary alicyclic amines) is 1. The van der Waals surface area contributed by atoms with Crippen LogP contribution in [0.5, 0.6) is 17.2 Å². The zero-order valence-corrected chi connectivity index (χ0v) is 28.0. The summed E-state index contributed by atoms with van der Waals surface area (Å²) < 4.78 is 24.5. The highest BCUT2D eigenvalue weighted by atomic mass is 35.5. The molecule has 2 saturated heterocycles. The minimum absolute atomic E-state index is 0.113. The van der Waals surface area contributed by atoms with Gasteiger partial charge in [-0.25, -0.2) is 9.29 Å². The fourth-order valence-corrected chi connectivity index (χ4v) is 9.48. The van der Waals surface area contributed by atoms with Gasteiger partial charge in [-0.05, 0) is 73.6 Å². The average molecular weight is 698 g/mol. The molecule has 252 valence electrons. The molecule has 2 saturated carbocycles. The van der Waals surface area contributed by atoms with Crippen LogP contribution in [0.4, 0.5) is 10.1 Å². The number of methoxy groups -OCH3 is 2. The van der Waals surface area contributed by atoms with Crippen molar-refractivity contribution in [2.45, 2.75) is 60.7 Å². The van der Waals surface area contributed by atoms with E-state index in [1.54, 1.807) is 24.3 Å². The molecule has 0 spiro atoms. The molecule has 4 amide bonds. The van der Waals surface area contributed by atoms with Crippen molar-refractivity contribution in [3.8, 4) is 17.2 Å². The van der Waals surface area contributed by atoms with Gasteiger partial charge >= 0.3 is 0 Å². The van der Waals surface area contributed by atoms with Crippen molar-refractivity contribution in [1.29, 1.82) is 0 Å². The van der Waals surface area contributed by atoms with E-state index in [2.05, 4.69) is 0 Å². The van der Waals surface area contributed by atoms with Gasteiger partial charge in [0.1, 0.15) is 5.82 Å². The lowest BCUT2D eigenvalue weighted by Gasteiger charge is -2.49. The van der Waals surface area contributed by atoms with E-state index in [1.807, 2.05) is 6.08 Å². The fourth-order valence-electron chi connectivity index (χ4n) is 8.59. The second kappa shape index (κ2) is 11.9. The Hall–Kier alpha value is -3.89. The molecule has 4 fully saturated rings. The number of nitrogens with zero attached hydrogens (tertiary/aromatic N) is 2. The summed E-state index contributed by atoms with van der Waals surface area (Å²) in [4.78, 5) is 55.1. The first-order chi connectivity index (χ1) is 23.0. The Kier molecular flexibility index (Phi) is 8.10. The molecule has 2 aromatic carbocycles. The molecule has 2 heterocycles. The van der Waals surface area contributed by atoms with Crippen LogP contribution in [0.15, 0.2) is 54.1 Å². The maximum absolute atomic E-state index is 14.4. The SMILES string of the molecule is COc1cc(C=C[C@H]2C3=CC[C@@H]4C(=O)N(C5CCCCC5)C(=O)[C@@H]4[C@@H]3C[C@@]3(Cl)C(=O)N(c4ccc(F)cc4)C(=O)[C@@]23Cl)cc(OC)c1O. The maximum Gasteiger partial charge on any atom is 0.258 e. The van der Waals surface area contributed by atoms with Crippen LogP contribution < -0.4 is 14.4 Å². The van der Waals surface area contributed by atoms with Gasteiger partial charge in [0.05, 0.1) is 31.7 Å². The number of rotatable bonds is 6. The quantitative estimate of drug-likeness (QED) is 0.224. The monoisotopic (exact) mass is 696 g/mol. The van der Waals surface area contributed by atoms with Crippen molar-refractivity contribution in [2.75, 3.05) is 19.1 Å². The number of hydrogen-bond donors (Lipinski definition) is 1. The Morgan fingerprint density at radius 3 is 2.19 bits per heavy atom. The number of carbonyl (C=O) groups excluding carboxylic acids is 4. The maximum atomic E-state index is 14.4. The van der Waals surface area contributed by atoms with Crippen molar-refractivity contribution in [3.63, 3.8) is 0 Å². The van der Waals surface area contributed by atoms with E-state index in [1.165, 1.54) is 31.3 Å². The van der Waals surface area contributed by atoms with Gasteiger partial charge in [-0.2, -0.15) is 0 Å². The molecule has 1 N–H and O–H groups in total. The van der Waals surface area contributed by atoms with Gasteiger partial charge in [-0.15, -0.1) is 23.2 Å². The topological polar surface area (TPSA) is 113 Å². The van der Waals surface area contributed by atoms with Crippen LogP contribution in [0.1, 0.15) is 50.5 Å². The molecule has 0 radical (unpaired) electrons. The first-order valence-electron chi connectivity index (χ1n) is 16.2. The van der Waals surface area contributed by atoms with Crippen LogP contribution in [0.2, 0.25) is 0 Å². The molecular formula is C36H35Cl2FN2O7. The van der Waals surface area contributed by atoms with E-state index in [0.29, 0.717) is 11.1 Å². The van der Waals surface area contributed by atoms with Gasteiger partial charge in [0, 0.05) is 12.0 Å². The molecule has 6 atom stereocenters. The molecule has 2 aliphatic heterocycles. The van der Waals surface area contributed by atoms with Crippen molar-refractivity contribution >= 4 is 58.6 Å².